The van der Waals surface area contributed by atoms with Crippen molar-refractivity contribution >= 4 is 41.4 Å². The third kappa shape index (κ3) is 3.81. The molecule has 150 valence electrons. The van der Waals surface area contributed by atoms with Gasteiger partial charge in [-0.2, -0.15) is 0 Å². The summed E-state index contributed by atoms with van der Waals surface area (Å²) in [4.78, 5) is 20.4. The molecule has 0 saturated heterocycles. The van der Waals surface area contributed by atoms with Crippen molar-refractivity contribution in [3.8, 4) is 0 Å². The van der Waals surface area contributed by atoms with Crippen molar-refractivity contribution in [3.63, 3.8) is 0 Å². The van der Waals surface area contributed by atoms with Crippen molar-refractivity contribution in [1.29, 1.82) is 0 Å². The number of aromatic nitrogens is 2. The second-order valence-corrected chi connectivity index (χ2v) is 13.0. The first kappa shape index (κ1) is 19.3. The van der Waals surface area contributed by atoms with Gasteiger partial charge in [0, 0.05) is 17.7 Å². The molecule has 0 aliphatic heterocycles. The van der Waals surface area contributed by atoms with Crippen LogP contribution in [0.4, 0.5) is 0 Å². The Labute approximate surface area is 168 Å². The largest absolute Gasteiger partial charge is 0.465 e. The number of aliphatic hydroxyl groups excluding tert-OH is 1. The minimum Gasteiger partial charge on any atom is -0.465 e. The van der Waals surface area contributed by atoms with Gasteiger partial charge in [-0.25, -0.2) is 0 Å². The molecular weight excluding hydrogens is 388 g/mol. The fourth-order valence-electron chi connectivity index (χ4n) is 3.15. The molecule has 0 saturated carbocycles. The molecule has 7 nitrogen and oxygen atoms in total. The zero-order valence-electron chi connectivity index (χ0n) is 16.7. The second kappa shape index (κ2) is 7.13. The first-order valence-corrected chi connectivity index (χ1v) is 12.8. The number of ether oxygens (including phenoxy) is 1. The van der Waals surface area contributed by atoms with Crippen LogP contribution >= 0.6 is 0 Å². The zero-order chi connectivity index (χ0) is 20.8. The van der Waals surface area contributed by atoms with Crippen molar-refractivity contribution in [3.05, 3.63) is 54.3 Å². The van der Waals surface area contributed by atoms with Crippen LogP contribution in [0.15, 0.2) is 51.8 Å². The number of hydrogen-bond donors (Lipinski definition) is 1. The molecule has 2 unspecified atom stereocenters. The maximum Gasteiger partial charge on any atom is 0.303 e. The number of esters is 1. The Bertz CT molecular complexity index is 1190. The van der Waals surface area contributed by atoms with Gasteiger partial charge in [0.1, 0.15) is 14.2 Å². The minimum absolute atomic E-state index is 0.363. The molecule has 4 aromatic heterocycles. The summed E-state index contributed by atoms with van der Waals surface area (Å²) < 4.78 is 16.7. The Morgan fingerprint density at radius 2 is 1.76 bits per heavy atom. The van der Waals surface area contributed by atoms with Crippen LogP contribution in [0, 0.1) is 0 Å². The lowest BCUT2D eigenvalue weighted by molar-refractivity contribution is -0.153. The molecule has 0 aliphatic carbocycles. The lowest BCUT2D eigenvalue weighted by Gasteiger charge is -2.22. The summed E-state index contributed by atoms with van der Waals surface area (Å²) in [6.07, 6.45) is 2.50. The maximum atomic E-state index is 11.7. The summed E-state index contributed by atoms with van der Waals surface area (Å²) in [6, 6.07) is 7.27. The molecule has 2 atom stereocenters. The van der Waals surface area contributed by atoms with Crippen LogP contribution < -0.4 is 5.38 Å². The number of carbonyl (C=O) groups is 1. The Morgan fingerprint density at radius 1 is 1.07 bits per heavy atom. The van der Waals surface area contributed by atoms with Crippen LogP contribution in [0.25, 0.3) is 21.9 Å². The zero-order valence-corrected chi connectivity index (χ0v) is 17.7. The first-order chi connectivity index (χ1) is 13.7. The van der Waals surface area contributed by atoms with Crippen LogP contribution in [0.3, 0.4) is 0 Å². The first-order valence-electron chi connectivity index (χ1n) is 9.31. The van der Waals surface area contributed by atoms with Crippen molar-refractivity contribution in [2.75, 3.05) is 0 Å². The van der Waals surface area contributed by atoms with E-state index in [2.05, 4.69) is 29.6 Å². The molecule has 4 heterocycles. The highest BCUT2D eigenvalue weighted by Gasteiger charge is 2.29. The van der Waals surface area contributed by atoms with E-state index in [0.717, 1.165) is 16.2 Å². The SMILES string of the molecule is CC(=O)OC(c1cc2cc([Si](C)(C)C)oc2cn1)C(O)c1cc2ccoc2cn1. The molecule has 4 aromatic rings. The molecular formula is C21H22N2O5Si. The summed E-state index contributed by atoms with van der Waals surface area (Å²) in [5, 5.41) is 13.6. The summed E-state index contributed by atoms with van der Waals surface area (Å²) in [5.74, 6) is -0.518. The monoisotopic (exact) mass is 410 g/mol. The minimum atomic E-state index is -1.63. The number of furan rings is 2. The van der Waals surface area contributed by atoms with E-state index in [1.165, 1.54) is 13.1 Å². The van der Waals surface area contributed by atoms with Gasteiger partial charge in [0.15, 0.2) is 17.3 Å². The van der Waals surface area contributed by atoms with Crippen LogP contribution in [0.2, 0.25) is 19.6 Å². The van der Waals surface area contributed by atoms with Gasteiger partial charge in [-0.1, -0.05) is 19.6 Å². The van der Waals surface area contributed by atoms with E-state index in [1.807, 2.05) is 6.07 Å². The van der Waals surface area contributed by atoms with Crippen LogP contribution in [-0.2, 0) is 9.53 Å². The van der Waals surface area contributed by atoms with Crippen molar-refractivity contribution in [2.45, 2.75) is 38.8 Å². The quantitative estimate of drug-likeness (QED) is 0.394. The topological polar surface area (TPSA) is 98.6 Å². The lowest BCUT2D eigenvalue weighted by atomic mass is 10.0. The Kier molecular flexibility index (Phi) is 4.75. The average Bonchev–Trinajstić information content (AvgIpc) is 3.30. The van der Waals surface area contributed by atoms with E-state index >= 15 is 0 Å². The summed E-state index contributed by atoms with van der Waals surface area (Å²) in [7, 11) is -1.63. The number of rotatable bonds is 5. The molecule has 0 fully saturated rings. The van der Waals surface area contributed by atoms with Gasteiger partial charge in [-0.15, -0.1) is 0 Å². The fourth-order valence-corrected chi connectivity index (χ4v) is 4.16. The number of carbonyl (C=O) groups excluding carboxylic acids is 1. The molecule has 0 aromatic carbocycles. The van der Waals surface area contributed by atoms with Gasteiger partial charge in [-0.3, -0.25) is 14.8 Å². The molecule has 0 amide bonds. The van der Waals surface area contributed by atoms with Gasteiger partial charge < -0.3 is 18.7 Å². The molecule has 4 rings (SSSR count). The highest BCUT2D eigenvalue weighted by Crippen LogP contribution is 2.33. The predicted molar refractivity (Wildman–Crippen MR) is 110 cm³/mol. The van der Waals surface area contributed by atoms with E-state index in [4.69, 9.17) is 13.6 Å². The number of fused-ring (bicyclic) bond motifs is 2. The number of aliphatic hydroxyl groups is 1. The average molecular weight is 411 g/mol. The van der Waals surface area contributed by atoms with E-state index in [1.54, 1.807) is 30.7 Å². The van der Waals surface area contributed by atoms with Crippen LogP contribution in [0.5, 0.6) is 0 Å². The highest BCUT2D eigenvalue weighted by molar-refractivity contribution is 6.87. The van der Waals surface area contributed by atoms with Crippen molar-refractivity contribution in [2.24, 2.45) is 0 Å². The number of hydrogen-bond acceptors (Lipinski definition) is 7. The van der Waals surface area contributed by atoms with Gasteiger partial charge in [0.25, 0.3) is 0 Å². The van der Waals surface area contributed by atoms with E-state index < -0.39 is 26.3 Å². The third-order valence-corrected chi connectivity index (χ3v) is 6.42. The van der Waals surface area contributed by atoms with E-state index in [-0.39, 0.29) is 0 Å². The fraction of sp³-hybridized carbons (Fsp3) is 0.286. The highest BCUT2D eigenvalue weighted by atomic mass is 28.3. The molecule has 0 radical (unpaired) electrons. The van der Waals surface area contributed by atoms with Gasteiger partial charge >= 0.3 is 5.97 Å². The molecule has 0 bridgehead atoms. The predicted octanol–water partition coefficient (Wildman–Crippen LogP) is 3.85. The maximum absolute atomic E-state index is 11.7. The summed E-state index contributed by atoms with van der Waals surface area (Å²) in [6.45, 7) is 7.89. The van der Waals surface area contributed by atoms with Crippen LogP contribution in [0.1, 0.15) is 30.5 Å². The Balaban J connectivity index is 1.74. The Hall–Kier alpha value is -2.97. The van der Waals surface area contributed by atoms with E-state index in [0.29, 0.717) is 22.6 Å². The number of nitrogens with zero attached hydrogens (tertiary/aromatic N) is 2. The van der Waals surface area contributed by atoms with Crippen molar-refractivity contribution < 1.29 is 23.5 Å². The normalized spacial score (nSPS) is 14.2. The van der Waals surface area contributed by atoms with Gasteiger partial charge in [0.2, 0.25) is 0 Å². The molecule has 0 spiro atoms. The smallest absolute Gasteiger partial charge is 0.303 e. The summed E-state index contributed by atoms with van der Waals surface area (Å²) in [5.41, 5.74) is 2.07. The second-order valence-electron chi connectivity index (χ2n) is 8.05. The molecule has 1 N–H and O–H groups in total. The van der Waals surface area contributed by atoms with Gasteiger partial charge in [0.05, 0.1) is 35.4 Å². The summed E-state index contributed by atoms with van der Waals surface area (Å²) >= 11 is 0. The standard InChI is InChI=1S/C21H22N2O5Si/c1-12(24)27-21(20(25)15-7-13-5-6-26-17(13)10-22-15)16-8-14-9-19(29(2,3)4)28-18(14)11-23-16/h5-11,20-21,25H,1-4H3. The van der Waals surface area contributed by atoms with Crippen LogP contribution in [-0.4, -0.2) is 29.1 Å². The van der Waals surface area contributed by atoms with E-state index in [9.17, 15) is 9.90 Å². The third-order valence-electron chi connectivity index (χ3n) is 4.70. The molecule has 8 heteroatoms. The molecule has 29 heavy (non-hydrogen) atoms. The molecule has 0 aliphatic rings. The number of pyridine rings is 2. The Morgan fingerprint density at radius 3 is 2.48 bits per heavy atom. The lowest BCUT2D eigenvalue weighted by Crippen LogP contribution is -2.36. The van der Waals surface area contributed by atoms with Crippen molar-refractivity contribution in [1.82, 2.24) is 9.97 Å². The van der Waals surface area contributed by atoms with Gasteiger partial charge in [-0.05, 0) is 24.3 Å².